The fourth-order valence-corrected chi connectivity index (χ4v) is 1.81. The van der Waals surface area contributed by atoms with Crippen molar-refractivity contribution in [3.63, 3.8) is 0 Å². The molecule has 0 heterocycles. The summed E-state index contributed by atoms with van der Waals surface area (Å²) in [7, 11) is 3.25. The highest BCUT2D eigenvalue weighted by Gasteiger charge is 2.34. The van der Waals surface area contributed by atoms with Crippen LogP contribution in [0.15, 0.2) is 12.7 Å². The van der Waals surface area contributed by atoms with Crippen molar-refractivity contribution in [1.82, 2.24) is 4.90 Å². The van der Waals surface area contributed by atoms with Crippen molar-refractivity contribution in [2.75, 3.05) is 20.7 Å². The summed E-state index contributed by atoms with van der Waals surface area (Å²) in [5.41, 5.74) is -0.791. The van der Waals surface area contributed by atoms with Gasteiger partial charge in [0.2, 0.25) is 5.91 Å². The average molecular weight is 262 g/mol. The van der Waals surface area contributed by atoms with Gasteiger partial charge in [0.1, 0.15) is 12.0 Å². The van der Waals surface area contributed by atoms with Gasteiger partial charge in [0, 0.05) is 14.1 Å². The first-order valence-electron chi connectivity index (χ1n) is 5.35. The minimum absolute atomic E-state index is 0.164. The first-order chi connectivity index (χ1) is 7.72. The second kappa shape index (κ2) is 6.64. The maximum absolute atomic E-state index is 11.7. The number of carbonyl (C=O) groups excluding carboxylic acids is 2. The zero-order valence-electron chi connectivity index (χ0n) is 10.8. The van der Waals surface area contributed by atoms with Crippen LogP contribution in [-0.4, -0.2) is 42.9 Å². The lowest BCUT2D eigenvalue weighted by Crippen LogP contribution is -2.36. The molecule has 0 spiro atoms. The Bertz CT molecular complexity index is 300. The minimum atomic E-state index is -0.791. The van der Waals surface area contributed by atoms with E-state index < -0.39 is 10.8 Å². The summed E-state index contributed by atoms with van der Waals surface area (Å²) >= 11 is 5.97. The largest absolute Gasteiger partial charge is 0.461 e. The monoisotopic (exact) mass is 261 g/mol. The molecule has 17 heavy (non-hydrogen) atoms. The Morgan fingerprint density at radius 2 is 2.00 bits per heavy atom. The normalized spacial score (nSPS) is 12.8. The quantitative estimate of drug-likeness (QED) is 0.416. The van der Waals surface area contributed by atoms with Crippen molar-refractivity contribution in [2.24, 2.45) is 5.41 Å². The Labute approximate surface area is 108 Å². The number of halogens is 1. The first kappa shape index (κ1) is 16.0. The molecule has 0 bridgehead atoms. The third-order valence-electron chi connectivity index (χ3n) is 2.28. The molecule has 0 aromatic carbocycles. The molecule has 0 saturated carbocycles. The molecule has 0 aliphatic carbocycles. The smallest absolute Gasteiger partial charge is 0.311 e. The third kappa shape index (κ3) is 5.22. The number of hydrogen-bond acceptors (Lipinski definition) is 3. The van der Waals surface area contributed by atoms with Gasteiger partial charge in [-0.15, -0.1) is 11.6 Å². The molecular formula is C12H20ClNO3. The summed E-state index contributed by atoms with van der Waals surface area (Å²) in [5, 5.41) is -0.726. The predicted molar refractivity (Wildman–Crippen MR) is 67.9 cm³/mol. The summed E-state index contributed by atoms with van der Waals surface area (Å²) in [4.78, 5) is 24.7. The molecule has 1 unspecified atom stereocenters. The van der Waals surface area contributed by atoms with Crippen LogP contribution < -0.4 is 0 Å². The van der Waals surface area contributed by atoms with E-state index in [-0.39, 0.29) is 24.9 Å². The summed E-state index contributed by atoms with van der Waals surface area (Å²) in [6.45, 7) is 7.04. The highest BCUT2D eigenvalue weighted by molar-refractivity contribution is 6.30. The average Bonchev–Trinajstić information content (AvgIpc) is 2.23. The molecular weight excluding hydrogens is 242 g/mol. The van der Waals surface area contributed by atoms with E-state index in [0.717, 1.165) is 0 Å². The number of amides is 1. The number of nitrogens with zero attached hydrogens (tertiary/aromatic N) is 1. The Balaban J connectivity index is 4.47. The molecule has 98 valence electrons. The number of alkyl halides is 1. The lowest BCUT2D eigenvalue weighted by Gasteiger charge is -2.25. The lowest BCUT2D eigenvalue weighted by atomic mass is 9.87. The molecule has 0 aromatic heterocycles. The fraction of sp³-hybridized carbons (Fsp3) is 0.667. The zero-order valence-corrected chi connectivity index (χ0v) is 11.6. The first-order valence-corrected chi connectivity index (χ1v) is 5.79. The van der Waals surface area contributed by atoms with E-state index in [9.17, 15) is 9.59 Å². The SMILES string of the molecule is C=CCOC(=O)C(C)(C)CC(Cl)C(=O)N(C)C. The van der Waals surface area contributed by atoms with E-state index in [1.807, 2.05) is 0 Å². The summed E-state index contributed by atoms with van der Waals surface area (Å²) < 4.78 is 4.96. The van der Waals surface area contributed by atoms with E-state index in [4.69, 9.17) is 16.3 Å². The van der Waals surface area contributed by atoms with Gasteiger partial charge in [-0.05, 0) is 20.3 Å². The van der Waals surface area contributed by atoms with Gasteiger partial charge in [-0.2, -0.15) is 0 Å². The molecule has 5 heteroatoms. The molecule has 1 atom stereocenters. The molecule has 0 rings (SSSR count). The van der Waals surface area contributed by atoms with Gasteiger partial charge in [-0.25, -0.2) is 0 Å². The Kier molecular flexibility index (Phi) is 6.24. The number of carbonyl (C=O) groups is 2. The van der Waals surface area contributed by atoms with Crippen LogP contribution in [0.3, 0.4) is 0 Å². The van der Waals surface area contributed by atoms with E-state index in [0.29, 0.717) is 0 Å². The van der Waals surface area contributed by atoms with E-state index in [1.165, 1.54) is 11.0 Å². The van der Waals surface area contributed by atoms with Gasteiger partial charge >= 0.3 is 5.97 Å². The molecule has 0 N–H and O–H groups in total. The zero-order chi connectivity index (χ0) is 13.6. The van der Waals surface area contributed by atoms with Crippen molar-refractivity contribution in [3.05, 3.63) is 12.7 Å². The second-order valence-corrected chi connectivity index (χ2v) is 5.20. The van der Waals surface area contributed by atoms with Crippen LogP contribution in [0.5, 0.6) is 0 Å². The standard InChI is InChI=1S/C12H20ClNO3/c1-6-7-17-11(16)12(2,3)8-9(13)10(15)14(4)5/h6,9H,1,7-8H2,2-5H3. The molecule has 0 saturated heterocycles. The molecule has 1 amide bonds. The van der Waals surface area contributed by atoms with Crippen LogP contribution in [0.2, 0.25) is 0 Å². The van der Waals surface area contributed by atoms with E-state index in [1.54, 1.807) is 27.9 Å². The lowest BCUT2D eigenvalue weighted by molar-refractivity contribution is -0.153. The molecule has 0 aliphatic heterocycles. The molecule has 0 radical (unpaired) electrons. The van der Waals surface area contributed by atoms with Crippen LogP contribution in [0.1, 0.15) is 20.3 Å². The van der Waals surface area contributed by atoms with Gasteiger partial charge in [0.15, 0.2) is 0 Å². The van der Waals surface area contributed by atoms with Crippen LogP contribution in [0.4, 0.5) is 0 Å². The van der Waals surface area contributed by atoms with Crippen molar-refractivity contribution in [2.45, 2.75) is 25.6 Å². The van der Waals surface area contributed by atoms with Gasteiger partial charge < -0.3 is 9.64 Å². The second-order valence-electron chi connectivity index (χ2n) is 4.68. The Hall–Kier alpha value is -1.03. The van der Waals surface area contributed by atoms with Crippen LogP contribution in [0, 0.1) is 5.41 Å². The Morgan fingerprint density at radius 1 is 1.47 bits per heavy atom. The summed E-state index contributed by atoms with van der Waals surface area (Å²) in [6.07, 6.45) is 1.73. The van der Waals surface area contributed by atoms with Crippen LogP contribution >= 0.6 is 11.6 Å². The maximum atomic E-state index is 11.7. The van der Waals surface area contributed by atoms with Gasteiger partial charge in [0.05, 0.1) is 5.41 Å². The third-order valence-corrected chi connectivity index (χ3v) is 2.62. The number of esters is 1. The molecule has 0 aliphatic rings. The summed E-state index contributed by atoms with van der Waals surface area (Å²) in [6, 6.07) is 0. The highest BCUT2D eigenvalue weighted by atomic mass is 35.5. The van der Waals surface area contributed by atoms with Crippen molar-refractivity contribution in [1.29, 1.82) is 0 Å². The van der Waals surface area contributed by atoms with E-state index in [2.05, 4.69) is 6.58 Å². The van der Waals surface area contributed by atoms with Crippen molar-refractivity contribution < 1.29 is 14.3 Å². The van der Waals surface area contributed by atoms with Gasteiger partial charge in [0.25, 0.3) is 0 Å². The molecule has 4 nitrogen and oxygen atoms in total. The fourth-order valence-electron chi connectivity index (χ4n) is 1.23. The van der Waals surface area contributed by atoms with Gasteiger partial charge in [-0.3, -0.25) is 9.59 Å². The van der Waals surface area contributed by atoms with Crippen molar-refractivity contribution in [3.8, 4) is 0 Å². The van der Waals surface area contributed by atoms with Gasteiger partial charge in [-0.1, -0.05) is 12.7 Å². The number of hydrogen-bond donors (Lipinski definition) is 0. The topological polar surface area (TPSA) is 46.6 Å². The predicted octanol–water partition coefficient (Wildman–Crippen LogP) is 1.83. The summed E-state index contributed by atoms with van der Waals surface area (Å²) in [5.74, 6) is -0.592. The number of rotatable bonds is 6. The molecule has 0 aromatic rings. The van der Waals surface area contributed by atoms with Crippen LogP contribution in [0.25, 0.3) is 0 Å². The van der Waals surface area contributed by atoms with Crippen LogP contribution in [-0.2, 0) is 14.3 Å². The molecule has 0 fully saturated rings. The highest BCUT2D eigenvalue weighted by Crippen LogP contribution is 2.27. The van der Waals surface area contributed by atoms with Crippen molar-refractivity contribution >= 4 is 23.5 Å². The maximum Gasteiger partial charge on any atom is 0.311 e. The number of ether oxygens (including phenoxy) is 1. The minimum Gasteiger partial charge on any atom is -0.461 e. The Morgan fingerprint density at radius 3 is 2.41 bits per heavy atom. The van der Waals surface area contributed by atoms with E-state index >= 15 is 0 Å².